The van der Waals surface area contributed by atoms with Crippen LogP contribution in [-0.2, 0) is 13.1 Å². The molecule has 0 fully saturated rings. The molecular weight excluding hydrogens is 228 g/mol. The van der Waals surface area contributed by atoms with Crippen LogP contribution >= 0.6 is 0 Å². The van der Waals surface area contributed by atoms with Gasteiger partial charge in [0, 0.05) is 12.7 Å². The maximum atomic E-state index is 8.74. The molecule has 0 atom stereocenters. The average molecular weight is 242 g/mol. The molecular formula is C13H14N4O. The van der Waals surface area contributed by atoms with Crippen molar-refractivity contribution >= 4 is 0 Å². The number of pyridine rings is 1. The Labute approximate surface area is 105 Å². The maximum absolute atomic E-state index is 8.74. The molecule has 2 aromatic heterocycles. The van der Waals surface area contributed by atoms with Crippen molar-refractivity contribution < 1.29 is 4.42 Å². The lowest BCUT2D eigenvalue weighted by Gasteiger charge is -2.02. The van der Waals surface area contributed by atoms with E-state index in [4.69, 9.17) is 9.68 Å². The number of hydrogen-bond donors (Lipinski definition) is 1. The molecule has 2 aromatic rings. The summed E-state index contributed by atoms with van der Waals surface area (Å²) in [4.78, 5) is 8.20. The van der Waals surface area contributed by atoms with Gasteiger partial charge in [-0.3, -0.25) is 0 Å². The molecule has 18 heavy (non-hydrogen) atoms. The van der Waals surface area contributed by atoms with Crippen LogP contribution in [0.5, 0.6) is 0 Å². The Morgan fingerprint density at radius 1 is 1.39 bits per heavy atom. The quantitative estimate of drug-likeness (QED) is 0.885. The second kappa shape index (κ2) is 5.43. The molecule has 92 valence electrons. The van der Waals surface area contributed by atoms with E-state index in [-0.39, 0.29) is 0 Å². The Morgan fingerprint density at radius 3 is 2.89 bits per heavy atom. The van der Waals surface area contributed by atoms with Crippen LogP contribution in [0.3, 0.4) is 0 Å². The van der Waals surface area contributed by atoms with E-state index in [0.29, 0.717) is 24.7 Å². The predicted octanol–water partition coefficient (Wildman–Crippen LogP) is 1.85. The highest BCUT2D eigenvalue weighted by Gasteiger charge is 2.04. The third-order valence-electron chi connectivity index (χ3n) is 2.62. The van der Waals surface area contributed by atoms with Crippen molar-refractivity contribution in [3.8, 4) is 6.07 Å². The molecule has 2 rings (SSSR count). The van der Waals surface area contributed by atoms with Crippen LogP contribution in [0.2, 0.25) is 0 Å². The van der Waals surface area contributed by atoms with Crippen LogP contribution in [0.1, 0.15) is 28.6 Å². The zero-order valence-corrected chi connectivity index (χ0v) is 10.4. The van der Waals surface area contributed by atoms with Gasteiger partial charge >= 0.3 is 0 Å². The van der Waals surface area contributed by atoms with Gasteiger partial charge in [-0.2, -0.15) is 5.26 Å². The fourth-order valence-electron chi connectivity index (χ4n) is 1.57. The van der Waals surface area contributed by atoms with Crippen LogP contribution in [-0.4, -0.2) is 9.97 Å². The number of oxazole rings is 1. The molecule has 0 spiro atoms. The molecule has 0 aliphatic rings. The van der Waals surface area contributed by atoms with Crippen LogP contribution in [0.4, 0.5) is 0 Å². The summed E-state index contributed by atoms with van der Waals surface area (Å²) >= 11 is 0. The van der Waals surface area contributed by atoms with Gasteiger partial charge in [-0.15, -0.1) is 0 Å². The minimum atomic E-state index is 0.428. The number of hydrogen-bond acceptors (Lipinski definition) is 5. The average Bonchev–Trinajstić information content (AvgIpc) is 2.69. The predicted molar refractivity (Wildman–Crippen MR) is 65.5 cm³/mol. The summed E-state index contributed by atoms with van der Waals surface area (Å²) in [7, 11) is 0. The number of nitrogens with zero attached hydrogens (tertiary/aromatic N) is 3. The van der Waals surface area contributed by atoms with Gasteiger partial charge < -0.3 is 9.73 Å². The minimum Gasteiger partial charge on any atom is -0.444 e. The van der Waals surface area contributed by atoms with E-state index in [0.717, 1.165) is 17.0 Å². The SMILES string of the molecule is Cc1nc(CNCc2ccnc(C#N)c2)oc1C. The molecule has 0 saturated carbocycles. The van der Waals surface area contributed by atoms with Crippen LogP contribution < -0.4 is 5.32 Å². The van der Waals surface area contributed by atoms with Gasteiger partial charge in [-0.25, -0.2) is 9.97 Å². The van der Waals surface area contributed by atoms with Crippen LogP contribution in [0, 0.1) is 25.2 Å². The zero-order chi connectivity index (χ0) is 13.0. The van der Waals surface area contributed by atoms with E-state index in [2.05, 4.69) is 15.3 Å². The zero-order valence-electron chi connectivity index (χ0n) is 10.4. The number of aryl methyl sites for hydroxylation is 2. The van der Waals surface area contributed by atoms with E-state index in [1.165, 1.54) is 0 Å². The number of nitrogens with one attached hydrogen (secondary N) is 1. The number of nitriles is 1. The number of aromatic nitrogens is 2. The van der Waals surface area contributed by atoms with Crippen molar-refractivity contribution in [1.82, 2.24) is 15.3 Å². The standard InChI is InChI=1S/C13H14N4O/c1-9-10(2)18-13(17-9)8-15-7-11-3-4-16-12(5-11)6-14/h3-5,15H,7-8H2,1-2H3. The van der Waals surface area contributed by atoms with Gasteiger partial charge in [0.2, 0.25) is 5.89 Å². The fourth-order valence-corrected chi connectivity index (χ4v) is 1.57. The summed E-state index contributed by atoms with van der Waals surface area (Å²) in [6, 6.07) is 5.65. The molecule has 0 amide bonds. The van der Waals surface area contributed by atoms with E-state index in [1.807, 2.05) is 26.0 Å². The van der Waals surface area contributed by atoms with Crippen molar-refractivity contribution in [3.05, 3.63) is 46.9 Å². The lowest BCUT2D eigenvalue weighted by Crippen LogP contribution is -2.13. The summed E-state index contributed by atoms with van der Waals surface area (Å²) in [6.07, 6.45) is 1.63. The Hall–Kier alpha value is -2.19. The van der Waals surface area contributed by atoms with Crippen molar-refractivity contribution in [3.63, 3.8) is 0 Å². The van der Waals surface area contributed by atoms with E-state index in [1.54, 1.807) is 12.3 Å². The summed E-state index contributed by atoms with van der Waals surface area (Å²) in [5.74, 6) is 1.53. The topological polar surface area (TPSA) is 74.7 Å². The molecule has 0 aliphatic heterocycles. The van der Waals surface area contributed by atoms with Gasteiger partial charge in [-0.05, 0) is 31.5 Å². The first-order valence-electron chi connectivity index (χ1n) is 5.67. The molecule has 0 aliphatic carbocycles. The molecule has 0 unspecified atom stereocenters. The third kappa shape index (κ3) is 2.93. The second-order valence-corrected chi connectivity index (χ2v) is 4.01. The molecule has 5 heteroatoms. The molecule has 5 nitrogen and oxygen atoms in total. The summed E-state index contributed by atoms with van der Waals surface area (Å²) < 4.78 is 5.46. The largest absolute Gasteiger partial charge is 0.444 e. The van der Waals surface area contributed by atoms with E-state index in [9.17, 15) is 0 Å². The molecule has 1 N–H and O–H groups in total. The highest BCUT2D eigenvalue weighted by atomic mass is 16.4. The van der Waals surface area contributed by atoms with Crippen molar-refractivity contribution in [2.24, 2.45) is 0 Å². The van der Waals surface area contributed by atoms with E-state index < -0.39 is 0 Å². The maximum Gasteiger partial charge on any atom is 0.208 e. The Bertz CT molecular complexity index is 563. The normalized spacial score (nSPS) is 10.3. The monoisotopic (exact) mass is 242 g/mol. The molecule has 0 aromatic carbocycles. The minimum absolute atomic E-state index is 0.428. The van der Waals surface area contributed by atoms with Gasteiger partial charge in [-0.1, -0.05) is 0 Å². The molecule has 2 heterocycles. The highest BCUT2D eigenvalue weighted by Crippen LogP contribution is 2.08. The lowest BCUT2D eigenvalue weighted by molar-refractivity contribution is 0.448. The Kier molecular flexibility index (Phi) is 3.70. The third-order valence-corrected chi connectivity index (χ3v) is 2.62. The van der Waals surface area contributed by atoms with Crippen molar-refractivity contribution in [2.45, 2.75) is 26.9 Å². The van der Waals surface area contributed by atoms with Gasteiger partial charge in [0.1, 0.15) is 17.5 Å². The first-order valence-corrected chi connectivity index (χ1v) is 5.67. The van der Waals surface area contributed by atoms with Crippen LogP contribution in [0.25, 0.3) is 0 Å². The molecule has 0 bridgehead atoms. The highest BCUT2D eigenvalue weighted by molar-refractivity contribution is 5.25. The second-order valence-electron chi connectivity index (χ2n) is 4.01. The van der Waals surface area contributed by atoms with Crippen LogP contribution in [0.15, 0.2) is 22.7 Å². The fraction of sp³-hybridized carbons (Fsp3) is 0.308. The molecule has 0 saturated heterocycles. The van der Waals surface area contributed by atoms with Crippen molar-refractivity contribution in [1.29, 1.82) is 5.26 Å². The summed E-state index contributed by atoms with van der Waals surface area (Å²) in [5, 5.41) is 12.0. The Morgan fingerprint density at radius 2 is 2.22 bits per heavy atom. The van der Waals surface area contributed by atoms with Crippen molar-refractivity contribution in [2.75, 3.05) is 0 Å². The molecule has 0 radical (unpaired) electrons. The van der Waals surface area contributed by atoms with Gasteiger partial charge in [0.25, 0.3) is 0 Å². The Balaban J connectivity index is 1.90. The summed E-state index contributed by atoms with van der Waals surface area (Å²) in [6.45, 7) is 5.04. The van der Waals surface area contributed by atoms with Gasteiger partial charge in [0.15, 0.2) is 0 Å². The first kappa shape index (κ1) is 12.3. The van der Waals surface area contributed by atoms with Gasteiger partial charge in [0.05, 0.1) is 12.2 Å². The first-order chi connectivity index (χ1) is 8.69. The van der Waals surface area contributed by atoms with E-state index >= 15 is 0 Å². The summed E-state index contributed by atoms with van der Waals surface area (Å²) in [5.41, 5.74) is 2.36. The number of rotatable bonds is 4. The lowest BCUT2D eigenvalue weighted by atomic mass is 10.2. The smallest absolute Gasteiger partial charge is 0.208 e.